The number of ether oxygens (including phenoxy) is 1. The average molecular weight is 402 g/mol. The largest absolute Gasteiger partial charge is 0.376 e. The molecule has 2 rings (SSSR count). The minimum atomic E-state index is -1.71. The standard InChI is InChI=1S/C25H43NOSi/c1-20-19-21-15-11-12-16-22(21)23(20)28(8,26-24(2,3)4)18-14-10-9-13-17-27-25(5,6)7/h11-12,15-16,19,23,26H,9-10,13-14,17-18H2,1-8H3. The third kappa shape index (κ3) is 6.86. The van der Waals surface area contributed by atoms with E-state index in [-0.39, 0.29) is 11.1 Å². The molecule has 2 nitrogen and oxygen atoms in total. The van der Waals surface area contributed by atoms with E-state index in [1.54, 1.807) is 11.1 Å². The Morgan fingerprint density at radius 3 is 2.25 bits per heavy atom. The zero-order valence-electron chi connectivity index (χ0n) is 19.6. The van der Waals surface area contributed by atoms with Crippen molar-refractivity contribution in [2.45, 2.75) is 103 Å². The average Bonchev–Trinajstić information content (AvgIpc) is 2.87. The van der Waals surface area contributed by atoms with E-state index in [4.69, 9.17) is 4.74 Å². The summed E-state index contributed by atoms with van der Waals surface area (Å²) in [5.74, 6) is 0. The molecule has 1 aliphatic rings. The lowest BCUT2D eigenvalue weighted by molar-refractivity contribution is -0.00471. The minimum Gasteiger partial charge on any atom is -0.376 e. The molecule has 28 heavy (non-hydrogen) atoms. The number of fused-ring (bicyclic) bond motifs is 1. The van der Waals surface area contributed by atoms with Crippen LogP contribution in [-0.4, -0.2) is 26.0 Å². The van der Waals surface area contributed by atoms with E-state index in [1.807, 2.05) is 0 Å². The smallest absolute Gasteiger partial charge is 0.134 e. The van der Waals surface area contributed by atoms with Crippen LogP contribution < -0.4 is 4.98 Å². The lowest BCUT2D eigenvalue weighted by atomic mass is 10.1. The zero-order chi connectivity index (χ0) is 21.0. The van der Waals surface area contributed by atoms with Crippen molar-refractivity contribution in [3.63, 3.8) is 0 Å². The second-order valence-electron chi connectivity index (χ2n) is 10.9. The molecule has 0 saturated heterocycles. The molecule has 1 aliphatic carbocycles. The number of hydrogen-bond donors (Lipinski definition) is 1. The summed E-state index contributed by atoms with van der Waals surface area (Å²) in [4.78, 5) is 4.14. The molecule has 3 heteroatoms. The quantitative estimate of drug-likeness (QED) is 0.353. The van der Waals surface area contributed by atoms with E-state index >= 15 is 0 Å². The van der Waals surface area contributed by atoms with Crippen LogP contribution in [0.2, 0.25) is 12.6 Å². The first-order valence-electron chi connectivity index (χ1n) is 11.1. The Morgan fingerprint density at radius 1 is 0.964 bits per heavy atom. The normalized spacial score (nSPS) is 19.3. The topological polar surface area (TPSA) is 21.3 Å². The molecule has 0 spiro atoms. The van der Waals surface area contributed by atoms with Crippen molar-refractivity contribution in [2.24, 2.45) is 0 Å². The summed E-state index contributed by atoms with van der Waals surface area (Å²) in [5.41, 5.74) is 5.25. The van der Waals surface area contributed by atoms with Crippen LogP contribution >= 0.6 is 0 Å². The molecule has 0 fully saturated rings. The van der Waals surface area contributed by atoms with Crippen molar-refractivity contribution < 1.29 is 4.74 Å². The Hall–Kier alpha value is -0.903. The second kappa shape index (κ2) is 9.28. The van der Waals surface area contributed by atoms with Gasteiger partial charge < -0.3 is 9.72 Å². The molecule has 0 aromatic heterocycles. The second-order valence-corrected chi connectivity index (χ2v) is 15.0. The van der Waals surface area contributed by atoms with E-state index in [1.165, 1.54) is 37.3 Å². The fraction of sp³-hybridized carbons (Fsp3) is 0.680. The number of hydrogen-bond acceptors (Lipinski definition) is 2. The van der Waals surface area contributed by atoms with E-state index in [2.05, 4.69) is 90.3 Å². The molecule has 0 amide bonds. The number of unbranched alkanes of at least 4 members (excludes halogenated alkanes) is 3. The number of nitrogens with one attached hydrogen (secondary N) is 1. The predicted molar refractivity (Wildman–Crippen MR) is 126 cm³/mol. The van der Waals surface area contributed by atoms with Gasteiger partial charge in [0.15, 0.2) is 0 Å². The highest BCUT2D eigenvalue weighted by Gasteiger charge is 2.43. The molecule has 158 valence electrons. The van der Waals surface area contributed by atoms with Gasteiger partial charge in [0.2, 0.25) is 0 Å². The molecule has 0 radical (unpaired) electrons. The molecule has 0 heterocycles. The van der Waals surface area contributed by atoms with Gasteiger partial charge >= 0.3 is 0 Å². The maximum atomic E-state index is 5.87. The van der Waals surface area contributed by atoms with E-state index in [0.29, 0.717) is 5.54 Å². The zero-order valence-corrected chi connectivity index (χ0v) is 20.6. The number of benzene rings is 1. The van der Waals surface area contributed by atoms with Gasteiger partial charge in [-0.3, -0.25) is 0 Å². The van der Waals surface area contributed by atoms with Crippen molar-refractivity contribution >= 4 is 14.3 Å². The van der Waals surface area contributed by atoms with Crippen molar-refractivity contribution in [2.75, 3.05) is 6.61 Å². The molecule has 0 bridgehead atoms. The van der Waals surface area contributed by atoms with Crippen molar-refractivity contribution in [3.05, 3.63) is 41.0 Å². The molecule has 0 saturated carbocycles. The third-order valence-electron chi connectivity index (χ3n) is 5.57. The lowest BCUT2D eigenvalue weighted by Crippen LogP contribution is -2.60. The van der Waals surface area contributed by atoms with Gasteiger partial charge in [-0.1, -0.05) is 61.7 Å². The monoisotopic (exact) mass is 401 g/mol. The number of rotatable bonds is 9. The Labute approximate surface area is 175 Å². The summed E-state index contributed by atoms with van der Waals surface area (Å²) in [6.45, 7) is 19.2. The van der Waals surface area contributed by atoms with Gasteiger partial charge in [-0.05, 0) is 72.1 Å². The number of allylic oxidation sites excluding steroid dienone is 1. The summed E-state index contributed by atoms with van der Waals surface area (Å²) in [7, 11) is -1.71. The highest BCUT2D eigenvalue weighted by molar-refractivity contribution is 6.78. The van der Waals surface area contributed by atoms with Crippen LogP contribution in [-0.2, 0) is 4.74 Å². The van der Waals surface area contributed by atoms with Crippen LogP contribution in [0.4, 0.5) is 0 Å². The van der Waals surface area contributed by atoms with Gasteiger partial charge in [-0.15, -0.1) is 0 Å². The predicted octanol–water partition coefficient (Wildman–Crippen LogP) is 7.07. The first kappa shape index (κ1) is 23.4. The SMILES string of the molecule is CC1=Cc2ccccc2C1[Si](C)(CCCCCCOC(C)(C)C)NC(C)(C)C. The van der Waals surface area contributed by atoms with Crippen LogP contribution in [0.15, 0.2) is 29.8 Å². The van der Waals surface area contributed by atoms with Gasteiger partial charge in [0.05, 0.1) is 5.60 Å². The van der Waals surface area contributed by atoms with E-state index in [0.717, 1.165) is 6.61 Å². The Bertz CT molecular complexity index is 668. The molecule has 1 aromatic carbocycles. The van der Waals surface area contributed by atoms with Crippen molar-refractivity contribution in [1.82, 2.24) is 4.98 Å². The van der Waals surface area contributed by atoms with Gasteiger partial charge in [-0.25, -0.2) is 0 Å². The Balaban J connectivity index is 1.99. The molecular formula is C25H43NOSi. The summed E-state index contributed by atoms with van der Waals surface area (Å²) >= 11 is 0. The molecule has 0 aliphatic heterocycles. The fourth-order valence-corrected chi connectivity index (χ4v) is 10.1. The first-order chi connectivity index (χ1) is 12.9. The highest BCUT2D eigenvalue weighted by atomic mass is 28.3. The molecular weight excluding hydrogens is 358 g/mol. The van der Waals surface area contributed by atoms with Gasteiger partial charge in [0.1, 0.15) is 8.24 Å². The molecule has 1 N–H and O–H groups in total. The molecule has 2 atom stereocenters. The Kier molecular flexibility index (Phi) is 7.74. The van der Waals surface area contributed by atoms with Crippen LogP contribution in [0.5, 0.6) is 0 Å². The van der Waals surface area contributed by atoms with Crippen molar-refractivity contribution in [3.8, 4) is 0 Å². The van der Waals surface area contributed by atoms with Gasteiger partial charge in [-0.2, -0.15) is 0 Å². The lowest BCUT2D eigenvalue weighted by Gasteiger charge is -2.42. The van der Waals surface area contributed by atoms with E-state index < -0.39 is 8.24 Å². The molecule has 1 aromatic rings. The first-order valence-corrected chi connectivity index (χ1v) is 13.9. The summed E-state index contributed by atoms with van der Waals surface area (Å²) < 4.78 is 5.87. The summed E-state index contributed by atoms with van der Waals surface area (Å²) in [6, 6.07) is 10.3. The van der Waals surface area contributed by atoms with E-state index in [9.17, 15) is 0 Å². The Morgan fingerprint density at radius 2 is 1.61 bits per heavy atom. The maximum absolute atomic E-state index is 5.87. The van der Waals surface area contributed by atoms with Crippen LogP contribution in [0, 0.1) is 0 Å². The van der Waals surface area contributed by atoms with Crippen LogP contribution in [0.3, 0.4) is 0 Å². The highest BCUT2D eigenvalue weighted by Crippen LogP contribution is 2.43. The summed E-state index contributed by atoms with van der Waals surface area (Å²) in [5, 5.41) is 0. The summed E-state index contributed by atoms with van der Waals surface area (Å²) in [6.07, 6.45) is 7.48. The third-order valence-corrected chi connectivity index (χ3v) is 10.3. The van der Waals surface area contributed by atoms with Crippen molar-refractivity contribution in [1.29, 1.82) is 0 Å². The molecule has 2 unspecified atom stereocenters. The maximum Gasteiger partial charge on any atom is 0.134 e. The van der Waals surface area contributed by atoms with Crippen LogP contribution in [0.25, 0.3) is 6.08 Å². The minimum absolute atomic E-state index is 0.0121. The van der Waals surface area contributed by atoms with Crippen LogP contribution in [0.1, 0.15) is 90.8 Å². The van der Waals surface area contributed by atoms with Gasteiger partial charge in [0.25, 0.3) is 0 Å². The fourth-order valence-electron chi connectivity index (χ4n) is 4.79. The van der Waals surface area contributed by atoms with Gasteiger partial charge in [0, 0.05) is 17.7 Å².